The van der Waals surface area contributed by atoms with Gasteiger partial charge in [0.05, 0.1) is 11.5 Å². The molecule has 0 aromatic carbocycles. The van der Waals surface area contributed by atoms with Gasteiger partial charge in [0.1, 0.15) is 9.84 Å². The van der Waals surface area contributed by atoms with Crippen LogP contribution in [0.5, 0.6) is 0 Å². The molecular weight excluding hydrogens is 254 g/mol. The molecule has 1 atom stereocenters. The minimum Gasteiger partial charge on any atom is -0.338 e. The second kappa shape index (κ2) is 5.88. The van der Waals surface area contributed by atoms with Crippen LogP contribution < -0.4 is 16.0 Å². The number of rotatable bonds is 3. The highest BCUT2D eigenvalue weighted by molar-refractivity contribution is 7.91. The maximum Gasteiger partial charge on any atom is 0.315 e. The molecule has 0 aromatic rings. The molecule has 0 aromatic heterocycles. The van der Waals surface area contributed by atoms with Crippen molar-refractivity contribution in [2.75, 3.05) is 31.1 Å². The van der Waals surface area contributed by atoms with Gasteiger partial charge in [0.2, 0.25) is 0 Å². The molecule has 6 nitrogen and oxygen atoms in total. The fourth-order valence-electron chi connectivity index (χ4n) is 2.39. The largest absolute Gasteiger partial charge is 0.338 e. The SMILES string of the molecule is O=C(NCC1CCS(=O)(=O)CC1)NC1CCNC1. The molecule has 2 aliphatic heterocycles. The predicted octanol–water partition coefficient (Wildman–Crippen LogP) is -0.528. The summed E-state index contributed by atoms with van der Waals surface area (Å²) >= 11 is 0. The van der Waals surface area contributed by atoms with Crippen LogP contribution in [0.3, 0.4) is 0 Å². The average Bonchev–Trinajstić information content (AvgIpc) is 2.80. The fourth-order valence-corrected chi connectivity index (χ4v) is 3.98. The molecule has 7 heteroatoms. The molecule has 2 rings (SSSR count). The average molecular weight is 275 g/mol. The summed E-state index contributed by atoms with van der Waals surface area (Å²) in [4.78, 5) is 11.6. The van der Waals surface area contributed by atoms with E-state index in [2.05, 4.69) is 16.0 Å². The van der Waals surface area contributed by atoms with Gasteiger partial charge in [0.15, 0.2) is 0 Å². The molecular formula is C11H21N3O3S. The first-order chi connectivity index (χ1) is 8.55. The molecule has 2 aliphatic rings. The van der Waals surface area contributed by atoms with Crippen LogP contribution in [0.4, 0.5) is 4.79 Å². The highest BCUT2D eigenvalue weighted by Crippen LogP contribution is 2.17. The zero-order valence-electron chi connectivity index (χ0n) is 10.4. The van der Waals surface area contributed by atoms with E-state index in [1.54, 1.807) is 0 Å². The zero-order chi connectivity index (χ0) is 13.0. The molecule has 2 saturated heterocycles. The first-order valence-electron chi connectivity index (χ1n) is 6.51. The number of hydrogen-bond acceptors (Lipinski definition) is 4. The third kappa shape index (κ3) is 4.13. The molecule has 1 unspecified atom stereocenters. The van der Waals surface area contributed by atoms with Gasteiger partial charge in [-0.1, -0.05) is 0 Å². The molecule has 0 aliphatic carbocycles. The van der Waals surface area contributed by atoms with Gasteiger partial charge >= 0.3 is 6.03 Å². The van der Waals surface area contributed by atoms with Crippen molar-refractivity contribution in [2.45, 2.75) is 25.3 Å². The van der Waals surface area contributed by atoms with Crippen LogP contribution in [0.2, 0.25) is 0 Å². The minimum absolute atomic E-state index is 0.142. The summed E-state index contributed by atoms with van der Waals surface area (Å²) in [7, 11) is -2.81. The quantitative estimate of drug-likeness (QED) is 0.646. The zero-order valence-corrected chi connectivity index (χ0v) is 11.3. The van der Waals surface area contributed by atoms with Crippen molar-refractivity contribution in [1.82, 2.24) is 16.0 Å². The van der Waals surface area contributed by atoms with Crippen molar-refractivity contribution in [2.24, 2.45) is 5.92 Å². The van der Waals surface area contributed by atoms with E-state index in [4.69, 9.17) is 0 Å². The Morgan fingerprint density at radius 1 is 1.22 bits per heavy atom. The first kappa shape index (κ1) is 13.6. The normalized spacial score (nSPS) is 27.9. The molecule has 0 bridgehead atoms. The molecule has 2 fully saturated rings. The summed E-state index contributed by atoms with van der Waals surface area (Å²) in [5.74, 6) is 0.807. The van der Waals surface area contributed by atoms with E-state index in [1.807, 2.05) is 0 Å². The van der Waals surface area contributed by atoms with Gasteiger partial charge in [-0.15, -0.1) is 0 Å². The van der Waals surface area contributed by atoms with Crippen molar-refractivity contribution >= 4 is 15.9 Å². The third-order valence-electron chi connectivity index (χ3n) is 3.62. The fraction of sp³-hybridized carbons (Fsp3) is 0.909. The Labute approximate surface area is 108 Å². The van der Waals surface area contributed by atoms with E-state index in [1.165, 1.54) is 0 Å². The number of carbonyl (C=O) groups is 1. The van der Waals surface area contributed by atoms with Crippen LogP contribution in [0.15, 0.2) is 0 Å². The van der Waals surface area contributed by atoms with Gasteiger partial charge in [-0.2, -0.15) is 0 Å². The van der Waals surface area contributed by atoms with Crippen LogP contribution >= 0.6 is 0 Å². The van der Waals surface area contributed by atoms with Crippen molar-refractivity contribution < 1.29 is 13.2 Å². The van der Waals surface area contributed by atoms with Crippen LogP contribution in [-0.2, 0) is 9.84 Å². The number of carbonyl (C=O) groups excluding carboxylic acids is 1. The van der Waals surface area contributed by atoms with Gasteiger partial charge in [-0.3, -0.25) is 0 Å². The van der Waals surface area contributed by atoms with Crippen molar-refractivity contribution in [1.29, 1.82) is 0 Å². The third-order valence-corrected chi connectivity index (χ3v) is 5.34. The lowest BCUT2D eigenvalue weighted by molar-refractivity contribution is 0.235. The second-order valence-corrected chi connectivity index (χ2v) is 7.44. The lowest BCUT2D eigenvalue weighted by Gasteiger charge is -2.22. The first-order valence-corrected chi connectivity index (χ1v) is 8.33. The number of amides is 2. The molecule has 0 spiro atoms. The summed E-state index contributed by atoms with van der Waals surface area (Å²) in [6, 6.07) is 0.0777. The van der Waals surface area contributed by atoms with Gasteiger partial charge in [-0.05, 0) is 31.7 Å². The van der Waals surface area contributed by atoms with E-state index in [0.717, 1.165) is 19.5 Å². The van der Waals surface area contributed by atoms with E-state index >= 15 is 0 Å². The van der Waals surface area contributed by atoms with E-state index in [9.17, 15) is 13.2 Å². The van der Waals surface area contributed by atoms with Crippen LogP contribution in [0.25, 0.3) is 0 Å². The maximum absolute atomic E-state index is 11.6. The maximum atomic E-state index is 11.6. The number of nitrogens with one attached hydrogen (secondary N) is 3. The topological polar surface area (TPSA) is 87.3 Å². The Kier molecular flexibility index (Phi) is 4.45. The number of urea groups is 1. The Morgan fingerprint density at radius 3 is 2.56 bits per heavy atom. The highest BCUT2D eigenvalue weighted by Gasteiger charge is 2.24. The lowest BCUT2D eigenvalue weighted by atomic mass is 10.0. The van der Waals surface area contributed by atoms with Crippen LogP contribution in [0, 0.1) is 5.92 Å². The summed E-state index contributed by atoms with van der Waals surface area (Å²) < 4.78 is 22.5. The number of hydrogen-bond donors (Lipinski definition) is 3. The Balaban J connectivity index is 1.64. The highest BCUT2D eigenvalue weighted by atomic mass is 32.2. The Bertz CT molecular complexity index is 376. The minimum atomic E-state index is -2.81. The molecule has 2 amide bonds. The van der Waals surface area contributed by atoms with Crippen LogP contribution in [-0.4, -0.2) is 51.6 Å². The molecule has 104 valence electrons. The molecule has 0 saturated carbocycles. The van der Waals surface area contributed by atoms with Crippen molar-refractivity contribution in [3.05, 3.63) is 0 Å². The monoisotopic (exact) mass is 275 g/mol. The van der Waals surface area contributed by atoms with Gasteiger partial charge < -0.3 is 16.0 Å². The van der Waals surface area contributed by atoms with E-state index < -0.39 is 9.84 Å². The van der Waals surface area contributed by atoms with Crippen molar-refractivity contribution in [3.8, 4) is 0 Å². The summed E-state index contributed by atoms with van der Waals surface area (Å²) in [6.07, 6.45) is 2.29. The van der Waals surface area contributed by atoms with E-state index in [0.29, 0.717) is 25.3 Å². The van der Waals surface area contributed by atoms with Gasteiger partial charge in [-0.25, -0.2) is 13.2 Å². The van der Waals surface area contributed by atoms with Gasteiger partial charge in [0.25, 0.3) is 0 Å². The van der Waals surface area contributed by atoms with E-state index in [-0.39, 0.29) is 23.6 Å². The standard InChI is InChI=1S/C11H21N3O3S/c15-11(14-10-1-4-12-8-10)13-7-9-2-5-18(16,17)6-3-9/h9-10,12H,1-8H2,(H2,13,14,15). The summed E-state index contributed by atoms with van der Waals surface area (Å²) in [5.41, 5.74) is 0. The number of sulfone groups is 1. The van der Waals surface area contributed by atoms with Crippen molar-refractivity contribution in [3.63, 3.8) is 0 Å². The second-order valence-electron chi connectivity index (χ2n) is 5.14. The Hall–Kier alpha value is -0.820. The molecule has 2 heterocycles. The Morgan fingerprint density at radius 2 is 1.94 bits per heavy atom. The molecule has 0 radical (unpaired) electrons. The smallest absolute Gasteiger partial charge is 0.315 e. The van der Waals surface area contributed by atoms with Crippen LogP contribution in [0.1, 0.15) is 19.3 Å². The molecule has 18 heavy (non-hydrogen) atoms. The molecule has 3 N–H and O–H groups in total. The summed E-state index contributed by atoms with van der Waals surface area (Å²) in [6.45, 7) is 2.35. The van der Waals surface area contributed by atoms with Gasteiger partial charge in [0, 0.05) is 19.1 Å². The lowest BCUT2D eigenvalue weighted by Crippen LogP contribution is -2.45. The summed E-state index contributed by atoms with van der Waals surface area (Å²) in [5, 5.41) is 8.92. The predicted molar refractivity (Wildman–Crippen MR) is 69.2 cm³/mol.